The van der Waals surface area contributed by atoms with Crippen LogP contribution in [0.15, 0.2) is 121 Å². The van der Waals surface area contributed by atoms with Crippen molar-refractivity contribution in [3.63, 3.8) is 0 Å². The van der Waals surface area contributed by atoms with E-state index in [1.807, 2.05) is 0 Å². The highest BCUT2D eigenvalue weighted by molar-refractivity contribution is 5.42. The summed E-state index contributed by atoms with van der Waals surface area (Å²) in [6.45, 7) is 6.37. The Balaban J connectivity index is 1.51. The summed E-state index contributed by atoms with van der Waals surface area (Å²) in [6, 6.07) is 44.4. The molecule has 1 heterocycles. The summed E-state index contributed by atoms with van der Waals surface area (Å²) in [7, 11) is 2.22. The lowest BCUT2D eigenvalue weighted by atomic mass is 9.70. The predicted molar refractivity (Wildman–Crippen MR) is 155 cm³/mol. The quantitative estimate of drug-likeness (QED) is 0.304. The zero-order valence-electron chi connectivity index (χ0n) is 22.0. The van der Waals surface area contributed by atoms with Crippen LogP contribution >= 0.6 is 0 Å². The third-order valence-corrected chi connectivity index (χ3v) is 7.89. The van der Waals surface area contributed by atoms with E-state index in [9.17, 15) is 0 Å². The zero-order chi connectivity index (χ0) is 25.3. The number of benzene rings is 4. The van der Waals surface area contributed by atoms with Crippen molar-refractivity contribution in [2.75, 3.05) is 46.3 Å². The maximum atomic E-state index is 4.10. The van der Waals surface area contributed by atoms with Crippen LogP contribution < -0.4 is 5.32 Å². The lowest BCUT2D eigenvalue weighted by molar-refractivity contribution is 0.141. The van der Waals surface area contributed by atoms with Crippen molar-refractivity contribution in [3.05, 3.63) is 144 Å². The molecule has 4 aromatic carbocycles. The largest absolute Gasteiger partial charge is 0.308 e. The van der Waals surface area contributed by atoms with Gasteiger partial charge in [0.15, 0.2) is 0 Å². The van der Waals surface area contributed by atoms with E-state index in [4.69, 9.17) is 0 Å². The van der Waals surface area contributed by atoms with Crippen LogP contribution in [0, 0.1) is 0 Å². The smallest absolute Gasteiger partial charge is 0.0449 e. The Morgan fingerprint density at radius 2 is 1.14 bits per heavy atom. The molecule has 0 spiro atoms. The van der Waals surface area contributed by atoms with Gasteiger partial charge >= 0.3 is 0 Å². The maximum Gasteiger partial charge on any atom is 0.0449 e. The van der Waals surface area contributed by atoms with Crippen LogP contribution in [-0.2, 0) is 11.8 Å². The van der Waals surface area contributed by atoms with Crippen LogP contribution in [0.1, 0.15) is 28.3 Å². The van der Waals surface area contributed by atoms with Gasteiger partial charge in [-0.05, 0) is 35.7 Å². The van der Waals surface area contributed by atoms with Crippen molar-refractivity contribution in [3.8, 4) is 0 Å². The standard InChI is InChI=1S/C34H39N3/c1-36-22-24-37(25-23-36)27-33(30-16-8-3-9-17-30)35-28-34(31-18-10-4-11-19-31,32-20-12-5-13-21-32)26-29-14-6-2-7-15-29/h2-21,33,35H,22-28H2,1H3/t33-/m0/s1. The lowest BCUT2D eigenvalue weighted by Gasteiger charge is -2.39. The van der Waals surface area contributed by atoms with Crippen LogP contribution in [0.5, 0.6) is 0 Å². The third-order valence-electron chi connectivity index (χ3n) is 7.89. The third kappa shape index (κ3) is 6.37. The van der Waals surface area contributed by atoms with Crippen LogP contribution in [0.3, 0.4) is 0 Å². The van der Waals surface area contributed by atoms with E-state index in [1.165, 1.54) is 22.3 Å². The van der Waals surface area contributed by atoms with Gasteiger partial charge < -0.3 is 10.2 Å². The van der Waals surface area contributed by atoms with E-state index in [2.05, 4.69) is 143 Å². The summed E-state index contributed by atoms with van der Waals surface area (Å²) in [4.78, 5) is 5.05. The second-order valence-electron chi connectivity index (χ2n) is 10.4. The molecule has 0 unspecified atom stereocenters. The molecular weight excluding hydrogens is 450 g/mol. The molecule has 37 heavy (non-hydrogen) atoms. The topological polar surface area (TPSA) is 18.5 Å². The summed E-state index contributed by atoms with van der Waals surface area (Å²) in [6.07, 6.45) is 0.935. The second-order valence-corrected chi connectivity index (χ2v) is 10.4. The molecule has 1 aliphatic heterocycles. The number of hydrogen-bond donors (Lipinski definition) is 1. The predicted octanol–water partition coefficient (Wildman–Crippen LogP) is 5.79. The van der Waals surface area contributed by atoms with Crippen LogP contribution in [0.2, 0.25) is 0 Å². The first-order chi connectivity index (χ1) is 18.2. The molecule has 1 saturated heterocycles. The summed E-state index contributed by atoms with van der Waals surface area (Å²) < 4.78 is 0. The Bertz CT molecular complexity index is 1150. The van der Waals surface area contributed by atoms with Crippen molar-refractivity contribution in [2.24, 2.45) is 0 Å². The average molecular weight is 490 g/mol. The molecule has 0 aromatic heterocycles. The normalized spacial score (nSPS) is 15.9. The van der Waals surface area contributed by atoms with E-state index < -0.39 is 0 Å². The van der Waals surface area contributed by atoms with Crippen molar-refractivity contribution in [1.82, 2.24) is 15.1 Å². The summed E-state index contributed by atoms with van der Waals surface area (Å²) in [5, 5.41) is 4.10. The Hall–Kier alpha value is -3.24. The zero-order valence-corrected chi connectivity index (χ0v) is 22.0. The van der Waals surface area contributed by atoms with Gasteiger partial charge in [-0.2, -0.15) is 0 Å². The summed E-state index contributed by atoms with van der Waals surface area (Å²) in [5.41, 5.74) is 5.22. The van der Waals surface area contributed by atoms with E-state index in [-0.39, 0.29) is 11.5 Å². The number of rotatable bonds is 10. The highest BCUT2D eigenvalue weighted by atomic mass is 15.3. The fourth-order valence-corrected chi connectivity index (χ4v) is 5.66. The first kappa shape index (κ1) is 25.4. The van der Waals surface area contributed by atoms with E-state index in [0.717, 1.165) is 45.7 Å². The molecule has 1 N–H and O–H groups in total. The SMILES string of the molecule is CN1CCN(C[C@H](NCC(Cc2ccccc2)(c2ccccc2)c2ccccc2)c2ccccc2)CC1. The van der Waals surface area contributed by atoms with Gasteiger partial charge in [0, 0.05) is 50.7 Å². The van der Waals surface area contributed by atoms with Gasteiger partial charge in [0.1, 0.15) is 0 Å². The number of nitrogens with zero attached hydrogens (tertiary/aromatic N) is 2. The fraction of sp³-hybridized carbons (Fsp3) is 0.294. The molecule has 0 amide bonds. The Morgan fingerprint density at radius 3 is 1.68 bits per heavy atom. The van der Waals surface area contributed by atoms with Crippen molar-refractivity contribution in [1.29, 1.82) is 0 Å². The van der Waals surface area contributed by atoms with E-state index >= 15 is 0 Å². The lowest BCUT2D eigenvalue weighted by Crippen LogP contribution is -2.49. The number of nitrogens with one attached hydrogen (secondary N) is 1. The monoisotopic (exact) mass is 489 g/mol. The van der Waals surface area contributed by atoms with Crippen molar-refractivity contribution in [2.45, 2.75) is 17.9 Å². The minimum absolute atomic E-state index is 0.195. The molecular formula is C34H39N3. The minimum Gasteiger partial charge on any atom is -0.308 e. The molecule has 4 aromatic rings. The summed E-state index contributed by atoms with van der Waals surface area (Å²) in [5.74, 6) is 0. The molecule has 1 fully saturated rings. The highest BCUT2D eigenvalue weighted by Gasteiger charge is 2.35. The van der Waals surface area contributed by atoms with Gasteiger partial charge in [-0.3, -0.25) is 4.90 Å². The van der Waals surface area contributed by atoms with Gasteiger partial charge in [-0.1, -0.05) is 121 Å². The van der Waals surface area contributed by atoms with Crippen molar-refractivity contribution >= 4 is 0 Å². The minimum atomic E-state index is -0.195. The van der Waals surface area contributed by atoms with E-state index in [0.29, 0.717) is 0 Å². The Morgan fingerprint density at radius 1 is 0.649 bits per heavy atom. The van der Waals surface area contributed by atoms with Gasteiger partial charge in [-0.15, -0.1) is 0 Å². The number of likely N-dealkylation sites (N-methyl/N-ethyl adjacent to an activating group) is 1. The first-order valence-electron chi connectivity index (χ1n) is 13.6. The highest BCUT2D eigenvalue weighted by Crippen LogP contribution is 2.36. The molecule has 5 rings (SSSR count). The fourth-order valence-electron chi connectivity index (χ4n) is 5.66. The molecule has 1 atom stereocenters. The van der Waals surface area contributed by atoms with Crippen LogP contribution in [0.25, 0.3) is 0 Å². The van der Waals surface area contributed by atoms with Gasteiger partial charge in [-0.25, -0.2) is 0 Å². The molecule has 3 nitrogen and oxygen atoms in total. The first-order valence-corrected chi connectivity index (χ1v) is 13.6. The maximum absolute atomic E-state index is 4.10. The van der Waals surface area contributed by atoms with Crippen molar-refractivity contribution < 1.29 is 0 Å². The molecule has 3 heteroatoms. The van der Waals surface area contributed by atoms with E-state index in [1.54, 1.807) is 0 Å². The molecule has 0 bridgehead atoms. The molecule has 0 saturated carbocycles. The second kappa shape index (κ2) is 12.3. The van der Waals surface area contributed by atoms with Gasteiger partial charge in [0.25, 0.3) is 0 Å². The Labute approximate surface area is 222 Å². The molecule has 0 radical (unpaired) electrons. The molecule has 1 aliphatic rings. The van der Waals surface area contributed by atoms with Gasteiger partial charge in [0.05, 0.1) is 0 Å². The number of piperazine rings is 1. The molecule has 190 valence electrons. The van der Waals surface area contributed by atoms with Crippen LogP contribution in [0.4, 0.5) is 0 Å². The number of hydrogen-bond acceptors (Lipinski definition) is 3. The summed E-state index contributed by atoms with van der Waals surface area (Å²) >= 11 is 0. The average Bonchev–Trinajstić information content (AvgIpc) is 2.97. The van der Waals surface area contributed by atoms with Gasteiger partial charge in [0.2, 0.25) is 0 Å². The molecule has 0 aliphatic carbocycles. The Kier molecular flexibility index (Phi) is 8.47. The van der Waals surface area contributed by atoms with Crippen LogP contribution in [-0.4, -0.2) is 56.1 Å².